The lowest BCUT2D eigenvalue weighted by Gasteiger charge is -2.22. The highest BCUT2D eigenvalue weighted by molar-refractivity contribution is 5.92. The molecule has 0 N–H and O–H groups in total. The maximum absolute atomic E-state index is 14.2. The van der Waals surface area contributed by atoms with Gasteiger partial charge in [0.1, 0.15) is 11.5 Å². The molecule has 1 aliphatic carbocycles. The summed E-state index contributed by atoms with van der Waals surface area (Å²) in [4.78, 5) is 27.4. The lowest BCUT2D eigenvalue weighted by Crippen LogP contribution is -2.37. The van der Waals surface area contributed by atoms with E-state index in [1.54, 1.807) is 30.0 Å². The zero-order valence-electron chi connectivity index (χ0n) is 15.5. The first kappa shape index (κ1) is 18.1. The van der Waals surface area contributed by atoms with Crippen molar-refractivity contribution in [2.45, 2.75) is 32.4 Å². The minimum absolute atomic E-state index is 0.108. The second-order valence-electron chi connectivity index (χ2n) is 7.01. The fourth-order valence-electron chi connectivity index (χ4n) is 3.23. The molecule has 2 aromatic carbocycles. The van der Waals surface area contributed by atoms with Crippen LogP contribution < -0.4 is 5.43 Å². The van der Waals surface area contributed by atoms with Crippen molar-refractivity contribution in [1.29, 1.82) is 0 Å². The van der Waals surface area contributed by atoms with Crippen molar-refractivity contribution in [2.24, 2.45) is 0 Å². The molecule has 3 aromatic rings. The van der Waals surface area contributed by atoms with Crippen LogP contribution in [-0.2, 0) is 6.54 Å². The Morgan fingerprint density at radius 3 is 2.50 bits per heavy atom. The van der Waals surface area contributed by atoms with Gasteiger partial charge >= 0.3 is 0 Å². The number of aryl methyl sites for hydroxylation is 1. The number of aromatic nitrogens is 2. The quantitative estimate of drug-likeness (QED) is 0.684. The first-order valence-corrected chi connectivity index (χ1v) is 9.25. The molecule has 0 atom stereocenters. The number of hydrogen-bond donors (Lipinski definition) is 0. The van der Waals surface area contributed by atoms with Crippen LogP contribution in [0.15, 0.2) is 65.5 Å². The van der Waals surface area contributed by atoms with Gasteiger partial charge in [-0.15, -0.1) is 0 Å². The maximum atomic E-state index is 14.2. The number of nitrogens with zero attached hydrogens (tertiary/aromatic N) is 3. The predicted molar refractivity (Wildman–Crippen MR) is 104 cm³/mol. The highest BCUT2D eigenvalue weighted by Crippen LogP contribution is 2.29. The van der Waals surface area contributed by atoms with Crippen molar-refractivity contribution in [3.8, 4) is 5.69 Å². The second-order valence-corrected chi connectivity index (χ2v) is 7.01. The van der Waals surface area contributed by atoms with Crippen LogP contribution in [0.2, 0.25) is 0 Å². The molecular formula is C22H20FN3O2. The largest absolute Gasteiger partial charge is 0.330 e. The van der Waals surface area contributed by atoms with Crippen molar-refractivity contribution < 1.29 is 9.18 Å². The Kier molecular flexibility index (Phi) is 4.77. The van der Waals surface area contributed by atoms with Gasteiger partial charge in [0.25, 0.3) is 5.91 Å². The van der Waals surface area contributed by atoms with Gasteiger partial charge in [-0.3, -0.25) is 9.59 Å². The smallest absolute Gasteiger partial charge is 0.278 e. The summed E-state index contributed by atoms with van der Waals surface area (Å²) in [6.45, 7) is 2.08. The van der Waals surface area contributed by atoms with E-state index < -0.39 is 17.2 Å². The third-order valence-electron chi connectivity index (χ3n) is 4.83. The number of carbonyl (C=O) groups excluding carboxylic acids is 1. The number of benzene rings is 2. The molecule has 0 radical (unpaired) electrons. The Balaban J connectivity index is 1.73. The molecule has 142 valence electrons. The van der Waals surface area contributed by atoms with E-state index in [0.29, 0.717) is 12.2 Å². The second kappa shape index (κ2) is 7.38. The molecule has 4 rings (SSSR count). The van der Waals surface area contributed by atoms with E-state index in [0.717, 1.165) is 18.4 Å². The molecule has 28 heavy (non-hydrogen) atoms. The summed E-state index contributed by atoms with van der Waals surface area (Å²) in [6.07, 6.45) is 1.82. The standard InChI is InChI=1S/C22H20FN3O2/c1-15-13-20(27)21(24-26(15)19-10-6-5-9-18(19)23)22(28)25(17-11-12-17)14-16-7-3-2-4-8-16/h2-10,13,17H,11-12,14H2,1H3. The van der Waals surface area contributed by atoms with E-state index >= 15 is 0 Å². The summed E-state index contributed by atoms with van der Waals surface area (Å²) in [7, 11) is 0. The van der Waals surface area contributed by atoms with Gasteiger partial charge in [-0.2, -0.15) is 5.10 Å². The number of carbonyl (C=O) groups is 1. The number of rotatable bonds is 5. The van der Waals surface area contributed by atoms with Crippen LogP contribution in [0, 0.1) is 12.7 Å². The van der Waals surface area contributed by atoms with Gasteiger partial charge in [-0.25, -0.2) is 9.07 Å². The van der Waals surface area contributed by atoms with Crippen molar-refractivity contribution in [2.75, 3.05) is 0 Å². The summed E-state index contributed by atoms with van der Waals surface area (Å²) in [5, 5.41) is 4.25. The fraction of sp³-hybridized carbons (Fsp3) is 0.227. The summed E-state index contributed by atoms with van der Waals surface area (Å²) in [5.74, 6) is -0.884. The Morgan fingerprint density at radius 1 is 1.14 bits per heavy atom. The number of halogens is 1. The van der Waals surface area contributed by atoms with Crippen LogP contribution in [0.25, 0.3) is 5.69 Å². The summed E-state index contributed by atoms with van der Waals surface area (Å²) < 4.78 is 15.6. The normalized spacial score (nSPS) is 13.4. The van der Waals surface area contributed by atoms with Gasteiger partial charge in [0.05, 0.1) is 0 Å². The van der Waals surface area contributed by atoms with Crippen molar-refractivity contribution in [3.05, 3.63) is 93.7 Å². The van der Waals surface area contributed by atoms with Crippen LogP contribution >= 0.6 is 0 Å². The molecule has 1 aromatic heterocycles. The fourth-order valence-corrected chi connectivity index (χ4v) is 3.23. The molecule has 0 aliphatic heterocycles. The SMILES string of the molecule is Cc1cc(=O)c(C(=O)N(Cc2ccccc2)C2CC2)nn1-c1ccccc1F. The maximum Gasteiger partial charge on any atom is 0.278 e. The summed E-state index contributed by atoms with van der Waals surface area (Å²) >= 11 is 0. The third kappa shape index (κ3) is 3.58. The van der Waals surface area contributed by atoms with E-state index in [1.807, 2.05) is 30.3 Å². The molecule has 0 saturated heterocycles. The molecule has 1 fully saturated rings. The molecule has 1 aliphatic rings. The zero-order chi connectivity index (χ0) is 19.7. The highest BCUT2D eigenvalue weighted by atomic mass is 19.1. The van der Waals surface area contributed by atoms with Crippen molar-refractivity contribution >= 4 is 5.91 Å². The average molecular weight is 377 g/mol. The van der Waals surface area contributed by atoms with Crippen molar-refractivity contribution in [3.63, 3.8) is 0 Å². The van der Waals surface area contributed by atoms with Crippen LogP contribution in [0.4, 0.5) is 4.39 Å². The molecule has 0 unspecified atom stereocenters. The summed E-state index contributed by atoms with van der Waals surface area (Å²) in [6, 6.07) is 17.2. The Bertz CT molecular complexity index is 1070. The van der Waals surface area contributed by atoms with E-state index in [1.165, 1.54) is 16.8 Å². The van der Waals surface area contributed by atoms with Crippen LogP contribution in [0.5, 0.6) is 0 Å². The lowest BCUT2D eigenvalue weighted by atomic mass is 10.2. The molecule has 5 nitrogen and oxygen atoms in total. The van der Waals surface area contributed by atoms with Gasteiger partial charge in [0, 0.05) is 24.3 Å². The minimum Gasteiger partial charge on any atom is -0.330 e. The van der Waals surface area contributed by atoms with E-state index in [2.05, 4.69) is 5.10 Å². The summed E-state index contributed by atoms with van der Waals surface area (Å²) in [5.41, 5.74) is 1.03. The minimum atomic E-state index is -0.469. The van der Waals surface area contributed by atoms with Gasteiger partial charge < -0.3 is 4.90 Å². The molecule has 0 bridgehead atoms. The van der Waals surface area contributed by atoms with Gasteiger partial charge in [-0.05, 0) is 37.5 Å². The average Bonchev–Trinajstić information content (AvgIpc) is 3.52. The van der Waals surface area contributed by atoms with E-state index in [-0.39, 0.29) is 17.4 Å². The highest BCUT2D eigenvalue weighted by Gasteiger charge is 2.35. The number of para-hydroxylation sites is 1. The Labute approximate surface area is 162 Å². The first-order chi connectivity index (χ1) is 13.5. The van der Waals surface area contributed by atoms with Crippen molar-refractivity contribution in [1.82, 2.24) is 14.7 Å². The molecular weight excluding hydrogens is 357 g/mol. The molecule has 1 amide bonds. The number of amides is 1. The van der Waals surface area contributed by atoms with E-state index in [9.17, 15) is 14.0 Å². The molecule has 6 heteroatoms. The zero-order valence-corrected chi connectivity index (χ0v) is 15.5. The van der Waals surface area contributed by atoms with Gasteiger partial charge in [0.15, 0.2) is 5.69 Å². The topological polar surface area (TPSA) is 55.2 Å². The number of hydrogen-bond acceptors (Lipinski definition) is 3. The van der Waals surface area contributed by atoms with Crippen LogP contribution in [0.3, 0.4) is 0 Å². The predicted octanol–water partition coefficient (Wildman–Crippen LogP) is 3.48. The monoisotopic (exact) mass is 377 g/mol. The third-order valence-corrected chi connectivity index (χ3v) is 4.83. The van der Waals surface area contributed by atoms with Crippen LogP contribution in [-0.4, -0.2) is 26.6 Å². The van der Waals surface area contributed by atoms with Gasteiger partial charge in [0.2, 0.25) is 5.43 Å². The van der Waals surface area contributed by atoms with Gasteiger partial charge in [-0.1, -0.05) is 42.5 Å². The first-order valence-electron chi connectivity index (χ1n) is 9.25. The molecule has 0 spiro atoms. The molecule has 1 saturated carbocycles. The molecule has 1 heterocycles. The Morgan fingerprint density at radius 2 is 1.82 bits per heavy atom. The Hall–Kier alpha value is -3.28. The van der Waals surface area contributed by atoms with Crippen LogP contribution in [0.1, 0.15) is 34.6 Å². The van der Waals surface area contributed by atoms with E-state index in [4.69, 9.17) is 0 Å². The lowest BCUT2D eigenvalue weighted by molar-refractivity contribution is 0.0720.